The Labute approximate surface area is 115 Å². The van der Waals surface area contributed by atoms with E-state index in [-0.39, 0.29) is 18.1 Å². The Hall–Kier alpha value is -1.30. The average molecular weight is 284 g/mol. The highest BCUT2D eigenvalue weighted by atomic mass is 35.5. The van der Waals surface area contributed by atoms with E-state index in [0.717, 1.165) is 12.2 Å². The first-order valence-electron chi connectivity index (χ1n) is 6.10. The standard InChI is InChI=1S/C13H14ClNO4/c1-7(16)15-10-2-8(14)3-11(13(10)12-6-19-12)18-5-9-4-17-9/h2-3,9,12H,4-6H2,1H3,(H,15,16). The first-order chi connectivity index (χ1) is 9.13. The third-order valence-electron chi connectivity index (χ3n) is 2.90. The molecule has 102 valence electrons. The van der Waals surface area contributed by atoms with E-state index in [1.807, 2.05) is 0 Å². The lowest BCUT2D eigenvalue weighted by Crippen LogP contribution is -2.11. The van der Waals surface area contributed by atoms with Gasteiger partial charge in [0.2, 0.25) is 5.91 Å². The van der Waals surface area contributed by atoms with Crippen molar-refractivity contribution in [3.8, 4) is 5.75 Å². The van der Waals surface area contributed by atoms with Crippen LogP contribution in [-0.4, -0.2) is 31.8 Å². The first-order valence-corrected chi connectivity index (χ1v) is 6.48. The molecule has 6 heteroatoms. The molecule has 0 bridgehead atoms. The van der Waals surface area contributed by atoms with E-state index in [1.54, 1.807) is 12.1 Å². The van der Waals surface area contributed by atoms with Gasteiger partial charge in [0.25, 0.3) is 0 Å². The van der Waals surface area contributed by atoms with Gasteiger partial charge in [-0.1, -0.05) is 11.6 Å². The van der Waals surface area contributed by atoms with E-state index in [4.69, 9.17) is 25.8 Å². The van der Waals surface area contributed by atoms with Crippen molar-refractivity contribution in [2.75, 3.05) is 25.1 Å². The summed E-state index contributed by atoms with van der Waals surface area (Å²) in [5, 5.41) is 3.28. The second-order valence-electron chi connectivity index (χ2n) is 4.63. The molecule has 0 aromatic heterocycles. The van der Waals surface area contributed by atoms with Crippen LogP contribution in [0, 0.1) is 0 Å². The molecule has 19 heavy (non-hydrogen) atoms. The van der Waals surface area contributed by atoms with Crippen molar-refractivity contribution < 1.29 is 19.0 Å². The van der Waals surface area contributed by atoms with Gasteiger partial charge in [-0.3, -0.25) is 4.79 Å². The maximum Gasteiger partial charge on any atom is 0.221 e. The molecule has 0 radical (unpaired) electrons. The van der Waals surface area contributed by atoms with Crippen molar-refractivity contribution in [2.24, 2.45) is 0 Å². The molecule has 0 aliphatic carbocycles. The summed E-state index contributed by atoms with van der Waals surface area (Å²) >= 11 is 6.06. The van der Waals surface area contributed by atoms with Gasteiger partial charge in [-0.2, -0.15) is 0 Å². The summed E-state index contributed by atoms with van der Waals surface area (Å²) in [5.74, 6) is 0.495. The number of amides is 1. The third kappa shape index (κ3) is 3.18. The van der Waals surface area contributed by atoms with Gasteiger partial charge < -0.3 is 19.5 Å². The number of nitrogens with one attached hydrogen (secondary N) is 1. The predicted molar refractivity (Wildman–Crippen MR) is 69.7 cm³/mol. The monoisotopic (exact) mass is 283 g/mol. The fourth-order valence-electron chi connectivity index (χ4n) is 1.90. The van der Waals surface area contributed by atoms with Gasteiger partial charge in [0.15, 0.2) is 0 Å². The number of hydrogen-bond donors (Lipinski definition) is 1. The molecule has 2 aliphatic heterocycles. The zero-order valence-electron chi connectivity index (χ0n) is 10.4. The molecule has 2 fully saturated rings. The third-order valence-corrected chi connectivity index (χ3v) is 3.12. The Kier molecular flexibility index (Phi) is 3.35. The Morgan fingerprint density at radius 3 is 2.79 bits per heavy atom. The number of halogens is 1. The van der Waals surface area contributed by atoms with Crippen LogP contribution >= 0.6 is 11.6 Å². The predicted octanol–water partition coefficient (Wildman–Crippen LogP) is 2.15. The van der Waals surface area contributed by atoms with Gasteiger partial charge in [-0.25, -0.2) is 0 Å². The van der Waals surface area contributed by atoms with Gasteiger partial charge in [0.05, 0.1) is 18.9 Å². The minimum Gasteiger partial charge on any atom is -0.490 e. The molecule has 2 atom stereocenters. The minimum absolute atomic E-state index is 0.0331. The van der Waals surface area contributed by atoms with Crippen LogP contribution in [0.25, 0.3) is 0 Å². The molecule has 1 N–H and O–H groups in total. The maximum atomic E-state index is 11.3. The number of carbonyl (C=O) groups is 1. The van der Waals surface area contributed by atoms with Gasteiger partial charge >= 0.3 is 0 Å². The van der Waals surface area contributed by atoms with Crippen molar-refractivity contribution in [3.05, 3.63) is 22.7 Å². The molecular weight excluding hydrogens is 270 g/mol. The molecule has 2 aliphatic rings. The Balaban J connectivity index is 1.89. The van der Waals surface area contributed by atoms with E-state index >= 15 is 0 Å². The van der Waals surface area contributed by atoms with Gasteiger partial charge in [0.1, 0.15) is 24.6 Å². The molecule has 3 rings (SSSR count). The van der Waals surface area contributed by atoms with Crippen molar-refractivity contribution in [1.29, 1.82) is 0 Å². The number of hydrogen-bond acceptors (Lipinski definition) is 4. The van der Waals surface area contributed by atoms with Crippen LogP contribution in [0.2, 0.25) is 5.02 Å². The number of ether oxygens (including phenoxy) is 3. The van der Waals surface area contributed by atoms with E-state index in [9.17, 15) is 4.79 Å². The van der Waals surface area contributed by atoms with Crippen molar-refractivity contribution in [1.82, 2.24) is 0 Å². The topological polar surface area (TPSA) is 63.4 Å². The summed E-state index contributed by atoms with van der Waals surface area (Å²) in [7, 11) is 0. The highest BCUT2D eigenvalue weighted by Crippen LogP contribution is 2.43. The molecule has 2 unspecified atom stereocenters. The second-order valence-corrected chi connectivity index (χ2v) is 5.07. The van der Waals surface area contributed by atoms with E-state index in [0.29, 0.717) is 29.7 Å². The fourth-order valence-corrected chi connectivity index (χ4v) is 2.11. The normalized spacial score (nSPS) is 23.9. The largest absolute Gasteiger partial charge is 0.490 e. The Morgan fingerprint density at radius 1 is 1.47 bits per heavy atom. The molecule has 0 saturated carbocycles. The molecule has 1 aromatic rings. The SMILES string of the molecule is CC(=O)Nc1cc(Cl)cc(OCC2CO2)c1C1CO1. The van der Waals surface area contributed by atoms with Crippen LogP contribution in [-0.2, 0) is 14.3 Å². The van der Waals surface area contributed by atoms with Crippen molar-refractivity contribution in [3.63, 3.8) is 0 Å². The maximum absolute atomic E-state index is 11.3. The molecule has 2 saturated heterocycles. The summed E-state index contributed by atoms with van der Waals surface area (Å²) in [6, 6.07) is 3.45. The summed E-state index contributed by atoms with van der Waals surface area (Å²) < 4.78 is 16.2. The number of epoxide rings is 2. The molecule has 5 nitrogen and oxygen atoms in total. The van der Waals surface area contributed by atoms with E-state index in [1.165, 1.54) is 6.92 Å². The van der Waals surface area contributed by atoms with Crippen LogP contribution in [0.15, 0.2) is 12.1 Å². The van der Waals surface area contributed by atoms with Crippen LogP contribution in [0.3, 0.4) is 0 Å². The highest BCUT2D eigenvalue weighted by Gasteiger charge is 2.33. The number of anilines is 1. The van der Waals surface area contributed by atoms with Crippen molar-refractivity contribution in [2.45, 2.75) is 19.1 Å². The molecule has 1 amide bonds. The van der Waals surface area contributed by atoms with Gasteiger partial charge in [0, 0.05) is 17.5 Å². The quantitative estimate of drug-likeness (QED) is 0.841. The second kappa shape index (κ2) is 5.00. The van der Waals surface area contributed by atoms with Crippen LogP contribution in [0.4, 0.5) is 5.69 Å². The first kappa shape index (κ1) is 12.7. The van der Waals surface area contributed by atoms with Crippen molar-refractivity contribution >= 4 is 23.2 Å². The molecule has 2 heterocycles. The van der Waals surface area contributed by atoms with E-state index < -0.39 is 0 Å². The number of benzene rings is 1. The van der Waals surface area contributed by atoms with Gasteiger partial charge in [-0.05, 0) is 12.1 Å². The summed E-state index contributed by atoms with van der Waals surface area (Å²) in [6.07, 6.45) is 0.130. The lowest BCUT2D eigenvalue weighted by molar-refractivity contribution is -0.114. The van der Waals surface area contributed by atoms with E-state index in [2.05, 4.69) is 5.32 Å². The lowest BCUT2D eigenvalue weighted by Gasteiger charge is -2.15. The zero-order chi connectivity index (χ0) is 13.4. The number of carbonyl (C=O) groups excluding carboxylic acids is 1. The van der Waals surface area contributed by atoms with Crippen LogP contribution in [0.5, 0.6) is 5.75 Å². The molecule has 1 aromatic carbocycles. The smallest absolute Gasteiger partial charge is 0.221 e. The lowest BCUT2D eigenvalue weighted by atomic mass is 10.1. The summed E-state index contributed by atoms with van der Waals surface area (Å²) in [4.78, 5) is 11.3. The van der Waals surface area contributed by atoms with Crippen LogP contribution < -0.4 is 10.1 Å². The molecule has 0 spiro atoms. The Morgan fingerprint density at radius 2 is 2.21 bits per heavy atom. The fraction of sp³-hybridized carbons (Fsp3) is 0.462. The summed E-state index contributed by atoms with van der Waals surface area (Å²) in [5.41, 5.74) is 1.49. The van der Waals surface area contributed by atoms with Gasteiger partial charge in [-0.15, -0.1) is 0 Å². The molecular formula is C13H14ClNO4. The minimum atomic E-state index is -0.152. The average Bonchev–Trinajstić information content (AvgIpc) is 3.19. The zero-order valence-corrected chi connectivity index (χ0v) is 11.2. The Bertz CT molecular complexity index is 512. The highest BCUT2D eigenvalue weighted by molar-refractivity contribution is 6.31. The van der Waals surface area contributed by atoms with Crippen LogP contribution in [0.1, 0.15) is 18.6 Å². The summed E-state index contributed by atoms with van der Waals surface area (Å²) in [6.45, 7) is 3.30. The number of rotatable bonds is 5.